The highest BCUT2D eigenvalue weighted by molar-refractivity contribution is 14.1. The van der Waals surface area contributed by atoms with Crippen LogP contribution in [0, 0.1) is 13.7 Å². The lowest BCUT2D eigenvalue weighted by Gasteiger charge is -2.35. The number of ether oxygens (including phenoxy) is 1. The van der Waals surface area contributed by atoms with Crippen molar-refractivity contribution in [1.29, 1.82) is 0 Å². The zero-order chi connectivity index (χ0) is 20.3. The van der Waals surface area contributed by atoms with Crippen molar-refractivity contribution in [2.45, 2.75) is 0 Å². The molecule has 0 aromatic heterocycles. The molecule has 0 radical (unpaired) electrons. The number of nitro benzene ring substituents is 1. The van der Waals surface area contributed by atoms with Gasteiger partial charge in [0, 0.05) is 47.4 Å². The molecule has 0 atom stereocenters. The summed E-state index contributed by atoms with van der Waals surface area (Å²) in [5.74, 6) is 0.322. The van der Waals surface area contributed by atoms with Crippen LogP contribution in [-0.2, 0) is 0 Å². The molecule has 0 N–H and O–H groups in total. The number of non-ortho nitro benzene ring substituents is 1. The molecule has 8 nitrogen and oxygen atoms in total. The van der Waals surface area contributed by atoms with E-state index in [1.165, 1.54) is 12.1 Å². The molecular formula is C19H18IN3O5. The molecule has 0 saturated carbocycles. The van der Waals surface area contributed by atoms with Crippen molar-refractivity contribution >= 4 is 40.1 Å². The van der Waals surface area contributed by atoms with E-state index in [0.29, 0.717) is 46.6 Å². The molecule has 1 heterocycles. The Kier molecular flexibility index (Phi) is 6.12. The zero-order valence-corrected chi connectivity index (χ0v) is 17.3. The van der Waals surface area contributed by atoms with Gasteiger partial charge in [-0.2, -0.15) is 0 Å². The Bertz CT molecular complexity index is 908. The van der Waals surface area contributed by atoms with Gasteiger partial charge < -0.3 is 14.5 Å². The molecule has 2 amide bonds. The first-order chi connectivity index (χ1) is 13.4. The molecule has 2 aromatic rings. The van der Waals surface area contributed by atoms with E-state index in [1.807, 2.05) is 22.6 Å². The van der Waals surface area contributed by atoms with E-state index in [2.05, 4.69) is 0 Å². The van der Waals surface area contributed by atoms with Crippen LogP contribution in [-0.4, -0.2) is 59.8 Å². The Morgan fingerprint density at radius 2 is 1.57 bits per heavy atom. The number of hydrogen-bond donors (Lipinski definition) is 0. The normalized spacial score (nSPS) is 13.9. The average Bonchev–Trinajstić information content (AvgIpc) is 2.73. The molecule has 28 heavy (non-hydrogen) atoms. The van der Waals surface area contributed by atoms with Crippen molar-refractivity contribution in [2.75, 3.05) is 33.3 Å². The van der Waals surface area contributed by atoms with Gasteiger partial charge in [0.2, 0.25) is 0 Å². The minimum atomic E-state index is -0.516. The fraction of sp³-hybridized carbons (Fsp3) is 0.263. The SMILES string of the molecule is COc1ccc(C(=O)N2CCN(C(=O)c3cc([N+](=O)[O-])ccc3I)CC2)cc1. The Morgan fingerprint density at radius 3 is 2.11 bits per heavy atom. The number of methoxy groups -OCH3 is 1. The van der Waals surface area contributed by atoms with Crippen LogP contribution in [0.4, 0.5) is 5.69 Å². The number of amides is 2. The van der Waals surface area contributed by atoms with E-state index in [9.17, 15) is 19.7 Å². The Hall–Kier alpha value is -2.69. The van der Waals surface area contributed by atoms with Gasteiger partial charge in [-0.3, -0.25) is 19.7 Å². The lowest BCUT2D eigenvalue weighted by atomic mass is 10.1. The van der Waals surface area contributed by atoms with Crippen molar-refractivity contribution in [3.05, 3.63) is 67.3 Å². The number of hydrogen-bond acceptors (Lipinski definition) is 5. The highest BCUT2D eigenvalue weighted by atomic mass is 127. The van der Waals surface area contributed by atoms with E-state index in [-0.39, 0.29) is 17.5 Å². The fourth-order valence-electron chi connectivity index (χ4n) is 2.99. The van der Waals surface area contributed by atoms with E-state index in [4.69, 9.17) is 4.74 Å². The number of nitro groups is 1. The van der Waals surface area contributed by atoms with Gasteiger partial charge in [-0.25, -0.2) is 0 Å². The van der Waals surface area contributed by atoms with Crippen LogP contribution < -0.4 is 4.74 Å². The van der Waals surface area contributed by atoms with Gasteiger partial charge >= 0.3 is 0 Å². The maximum atomic E-state index is 12.8. The largest absolute Gasteiger partial charge is 0.497 e. The Labute approximate surface area is 175 Å². The predicted molar refractivity (Wildman–Crippen MR) is 111 cm³/mol. The number of benzene rings is 2. The third-order valence-electron chi connectivity index (χ3n) is 4.58. The average molecular weight is 495 g/mol. The van der Waals surface area contributed by atoms with Crippen molar-refractivity contribution in [1.82, 2.24) is 9.80 Å². The van der Waals surface area contributed by atoms with Gasteiger partial charge in [0.15, 0.2) is 0 Å². The van der Waals surface area contributed by atoms with Gasteiger partial charge in [-0.05, 0) is 52.9 Å². The standard InChI is InChI=1S/C19H18IN3O5/c1-28-15-5-2-13(3-6-15)18(24)21-8-10-22(11-9-21)19(25)16-12-14(23(26)27)4-7-17(16)20/h2-7,12H,8-11H2,1H3. The molecular weight excluding hydrogens is 477 g/mol. The molecule has 0 unspecified atom stereocenters. The van der Waals surface area contributed by atoms with Crippen LogP contribution in [0.1, 0.15) is 20.7 Å². The first-order valence-corrected chi connectivity index (χ1v) is 9.65. The second kappa shape index (κ2) is 8.55. The molecule has 0 spiro atoms. The van der Waals surface area contributed by atoms with Crippen molar-refractivity contribution in [2.24, 2.45) is 0 Å². The lowest BCUT2D eigenvalue weighted by molar-refractivity contribution is -0.384. The molecule has 1 aliphatic rings. The molecule has 146 valence electrons. The highest BCUT2D eigenvalue weighted by Gasteiger charge is 2.27. The lowest BCUT2D eigenvalue weighted by Crippen LogP contribution is -2.50. The van der Waals surface area contributed by atoms with Gasteiger partial charge in [0.1, 0.15) is 5.75 Å². The van der Waals surface area contributed by atoms with Crippen molar-refractivity contribution < 1.29 is 19.2 Å². The van der Waals surface area contributed by atoms with Crippen LogP contribution in [0.15, 0.2) is 42.5 Å². The summed E-state index contributed by atoms with van der Waals surface area (Å²) in [6, 6.07) is 11.1. The topological polar surface area (TPSA) is 93.0 Å². The molecule has 0 bridgehead atoms. The number of rotatable bonds is 4. The van der Waals surface area contributed by atoms with Crippen LogP contribution in [0.3, 0.4) is 0 Å². The number of carbonyl (C=O) groups is 2. The molecule has 3 rings (SSSR count). The number of nitrogens with zero attached hydrogens (tertiary/aromatic N) is 3. The molecule has 1 fully saturated rings. The third-order valence-corrected chi connectivity index (χ3v) is 5.52. The van der Waals surface area contributed by atoms with E-state index in [0.717, 1.165) is 0 Å². The maximum absolute atomic E-state index is 12.8. The van der Waals surface area contributed by atoms with Gasteiger partial charge in [0.05, 0.1) is 17.6 Å². The predicted octanol–water partition coefficient (Wildman–Crippen LogP) is 2.81. The second-order valence-electron chi connectivity index (χ2n) is 6.23. The van der Waals surface area contributed by atoms with Crippen LogP contribution >= 0.6 is 22.6 Å². The van der Waals surface area contributed by atoms with E-state index < -0.39 is 4.92 Å². The minimum Gasteiger partial charge on any atom is -0.497 e. The summed E-state index contributed by atoms with van der Waals surface area (Å²) < 4.78 is 5.76. The number of piperazine rings is 1. The molecule has 0 aliphatic carbocycles. The monoisotopic (exact) mass is 495 g/mol. The second-order valence-corrected chi connectivity index (χ2v) is 7.40. The molecule has 1 aliphatic heterocycles. The fourth-order valence-corrected chi connectivity index (χ4v) is 3.56. The van der Waals surface area contributed by atoms with E-state index in [1.54, 1.807) is 47.2 Å². The quantitative estimate of drug-likeness (QED) is 0.370. The minimum absolute atomic E-state index is 0.0975. The van der Waals surface area contributed by atoms with Crippen molar-refractivity contribution in [3.63, 3.8) is 0 Å². The van der Waals surface area contributed by atoms with Gasteiger partial charge in [-0.15, -0.1) is 0 Å². The van der Waals surface area contributed by atoms with Crippen LogP contribution in [0.5, 0.6) is 5.75 Å². The third kappa shape index (κ3) is 4.24. The van der Waals surface area contributed by atoms with E-state index >= 15 is 0 Å². The van der Waals surface area contributed by atoms with Crippen LogP contribution in [0.25, 0.3) is 0 Å². The summed E-state index contributed by atoms with van der Waals surface area (Å²) in [5.41, 5.74) is 0.760. The summed E-state index contributed by atoms with van der Waals surface area (Å²) in [4.78, 5) is 39.2. The highest BCUT2D eigenvalue weighted by Crippen LogP contribution is 2.22. The Balaban J connectivity index is 1.66. The summed E-state index contributed by atoms with van der Waals surface area (Å²) in [7, 11) is 1.57. The number of halogens is 1. The molecule has 9 heteroatoms. The first kappa shape index (κ1) is 20.1. The smallest absolute Gasteiger partial charge is 0.270 e. The molecule has 1 saturated heterocycles. The van der Waals surface area contributed by atoms with Gasteiger partial charge in [-0.1, -0.05) is 0 Å². The van der Waals surface area contributed by atoms with Crippen LogP contribution in [0.2, 0.25) is 0 Å². The summed E-state index contributed by atoms with van der Waals surface area (Å²) in [6.45, 7) is 1.56. The van der Waals surface area contributed by atoms with Crippen molar-refractivity contribution in [3.8, 4) is 5.75 Å². The zero-order valence-electron chi connectivity index (χ0n) is 15.1. The summed E-state index contributed by atoms with van der Waals surface area (Å²) >= 11 is 2.00. The molecule has 2 aromatic carbocycles. The first-order valence-electron chi connectivity index (χ1n) is 8.57. The number of carbonyl (C=O) groups excluding carboxylic acids is 2. The Morgan fingerprint density at radius 1 is 1.00 bits per heavy atom. The summed E-state index contributed by atoms with van der Waals surface area (Å²) in [6.07, 6.45) is 0. The summed E-state index contributed by atoms with van der Waals surface area (Å²) in [5, 5.41) is 11.0. The maximum Gasteiger partial charge on any atom is 0.270 e. The van der Waals surface area contributed by atoms with Gasteiger partial charge in [0.25, 0.3) is 17.5 Å².